The molecule has 3 nitrogen and oxygen atoms in total. The Bertz CT molecular complexity index is 1190. The molecule has 148 valence electrons. The lowest BCUT2D eigenvalue weighted by molar-refractivity contribution is -0.123. The van der Waals surface area contributed by atoms with Crippen molar-refractivity contribution in [3.63, 3.8) is 0 Å². The van der Waals surface area contributed by atoms with Crippen LogP contribution in [0.25, 0.3) is 0 Å². The summed E-state index contributed by atoms with van der Waals surface area (Å²) in [5.41, 5.74) is 7.09. The van der Waals surface area contributed by atoms with Gasteiger partial charge < -0.3 is 0 Å². The minimum absolute atomic E-state index is 0.0600. The van der Waals surface area contributed by atoms with Crippen molar-refractivity contribution in [2.45, 2.75) is 32.1 Å². The third kappa shape index (κ3) is 1.95. The van der Waals surface area contributed by atoms with Crippen LogP contribution in [0.4, 0.5) is 5.69 Å². The number of hydrogen-bond donors (Lipinski definition) is 0. The molecule has 1 fully saturated rings. The number of imide groups is 1. The first-order valence-corrected chi connectivity index (χ1v) is 10.6. The van der Waals surface area contributed by atoms with Crippen molar-refractivity contribution in [3.8, 4) is 0 Å². The first-order valence-electron chi connectivity index (χ1n) is 10.6. The van der Waals surface area contributed by atoms with Crippen LogP contribution in [-0.4, -0.2) is 11.8 Å². The molecule has 30 heavy (non-hydrogen) atoms. The zero-order chi connectivity index (χ0) is 20.8. The monoisotopic (exact) mass is 393 g/mol. The normalized spacial score (nSPS) is 28.4. The third-order valence-electron chi connectivity index (χ3n) is 7.51. The summed E-state index contributed by atoms with van der Waals surface area (Å²) in [4.78, 5) is 29.2. The second-order valence-corrected chi connectivity index (χ2v) is 9.22. The van der Waals surface area contributed by atoms with Gasteiger partial charge in [-0.05, 0) is 59.4 Å². The van der Waals surface area contributed by atoms with Gasteiger partial charge in [-0.2, -0.15) is 0 Å². The van der Waals surface area contributed by atoms with Gasteiger partial charge in [-0.1, -0.05) is 61.5 Å². The van der Waals surface area contributed by atoms with Crippen LogP contribution in [0.1, 0.15) is 46.2 Å². The molecule has 1 aliphatic heterocycles. The molecule has 0 unspecified atom stereocenters. The average Bonchev–Trinajstić information content (AvgIpc) is 2.99. The molecule has 1 saturated heterocycles. The molecule has 7 rings (SSSR count). The average molecular weight is 393 g/mol. The molecule has 0 spiro atoms. The van der Waals surface area contributed by atoms with E-state index in [1.54, 1.807) is 0 Å². The van der Waals surface area contributed by atoms with E-state index in [2.05, 4.69) is 37.3 Å². The van der Waals surface area contributed by atoms with Gasteiger partial charge in [0, 0.05) is 11.3 Å². The Morgan fingerprint density at radius 2 is 1.30 bits per heavy atom. The van der Waals surface area contributed by atoms with Gasteiger partial charge in [0.15, 0.2) is 0 Å². The molecule has 0 N–H and O–H groups in total. The summed E-state index contributed by atoms with van der Waals surface area (Å²) in [6, 6.07) is 22.7. The molecular weight excluding hydrogens is 370 g/mol. The maximum atomic E-state index is 13.9. The fraction of sp³-hybridized carbons (Fsp3) is 0.259. The van der Waals surface area contributed by atoms with Crippen molar-refractivity contribution < 1.29 is 9.59 Å². The highest BCUT2D eigenvalue weighted by molar-refractivity contribution is 6.23. The highest BCUT2D eigenvalue weighted by atomic mass is 16.2. The Hall–Kier alpha value is -3.20. The molecule has 0 radical (unpaired) electrons. The van der Waals surface area contributed by atoms with Crippen molar-refractivity contribution in [2.75, 3.05) is 4.90 Å². The van der Waals surface area contributed by atoms with E-state index in [1.807, 2.05) is 50.2 Å². The Morgan fingerprint density at radius 1 is 0.767 bits per heavy atom. The van der Waals surface area contributed by atoms with E-state index >= 15 is 0 Å². The van der Waals surface area contributed by atoms with E-state index in [0.29, 0.717) is 5.69 Å². The van der Waals surface area contributed by atoms with Crippen molar-refractivity contribution in [3.05, 3.63) is 100 Å². The minimum Gasteiger partial charge on any atom is -0.274 e. The van der Waals surface area contributed by atoms with E-state index in [9.17, 15) is 9.59 Å². The summed E-state index contributed by atoms with van der Waals surface area (Å²) < 4.78 is 0. The van der Waals surface area contributed by atoms with Gasteiger partial charge in [0.2, 0.25) is 11.8 Å². The fourth-order valence-corrected chi connectivity index (χ4v) is 6.49. The topological polar surface area (TPSA) is 37.4 Å². The highest BCUT2D eigenvalue weighted by Crippen LogP contribution is 2.64. The molecule has 3 aliphatic carbocycles. The van der Waals surface area contributed by atoms with Crippen LogP contribution in [0, 0.1) is 25.7 Å². The van der Waals surface area contributed by atoms with Crippen LogP contribution >= 0.6 is 0 Å². The summed E-state index contributed by atoms with van der Waals surface area (Å²) >= 11 is 0. The second-order valence-electron chi connectivity index (χ2n) is 9.22. The third-order valence-corrected chi connectivity index (χ3v) is 7.51. The lowest BCUT2D eigenvalue weighted by Crippen LogP contribution is -2.51. The molecule has 3 aromatic carbocycles. The van der Waals surface area contributed by atoms with Crippen LogP contribution in [-0.2, 0) is 15.0 Å². The van der Waals surface area contributed by atoms with Gasteiger partial charge >= 0.3 is 0 Å². The Kier molecular flexibility index (Phi) is 3.35. The van der Waals surface area contributed by atoms with Crippen LogP contribution in [0.3, 0.4) is 0 Å². The molecule has 3 heteroatoms. The molecule has 2 atom stereocenters. The zero-order valence-corrected chi connectivity index (χ0v) is 17.3. The molecule has 4 aliphatic rings. The molecule has 3 aromatic rings. The predicted molar refractivity (Wildman–Crippen MR) is 117 cm³/mol. The van der Waals surface area contributed by atoms with Crippen LogP contribution in [0.2, 0.25) is 0 Å². The van der Waals surface area contributed by atoms with Gasteiger partial charge in [0.05, 0.1) is 17.5 Å². The van der Waals surface area contributed by atoms with E-state index in [4.69, 9.17) is 0 Å². The molecule has 1 heterocycles. The number of anilines is 1. The van der Waals surface area contributed by atoms with Crippen LogP contribution in [0.15, 0.2) is 66.7 Å². The number of carbonyl (C=O) groups excluding carboxylic acids is 2. The Morgan fingerprint density at radius 3 is 1.87 bits per heavy atom. The first-order chi connectivity index (χ1) is 14.4. The lowest BCUT2D eigenvalue weighted by atomic mass is 9.48. The van der Waals surface area contributed by atoms with Gasteiger partial charge in [-0.3, -0.25) is 9.59 Å². The van der Waals surface area contributed by atoms with Gasteiger partial charge in [-0.25, -0.2) is 4.90 Å². The smallest absolute Gasteiger partial charge is 0.238 e. The summed E-state index contributed by atoms with van der Waals surface area (Å²) in [5.74, 6) is -0.924. The summed E-state index contributed by atoms with van der Waals surface area (Å²) in [7, 11) is 0. The number of benzene rings is 3. The number of amides is 2. The Balaban J connectivity index is 1.62. The van der Waals surface area contributed by atoms with E-state index in [1.165, 1.54) is 27.2 Å². The number of aryl methyl sites for hydroxylation is 2. The van der Waals surface area contributed by atoms with Crippen molar-refractivity contribution >= 4 is 17.5 Å². The SMILES string of the molecule is Cc1cc(C)cc(N2C(=O)[C@@H]3[C@@H](C2=O)C2c4ccccc4C3(C)c3ccccc32)c1. The number of hydrogen-bond acceptors (Lipinski definition) is 2. The van der Waals surface area contributed by atoms with E-state index in [0.717, 1.165) is 11.1 Å². The van der Waals surface area contributed by atoms with Crippen molar-refractivity contribution in [2.24, 2.45) is 11.8 Å². The maximum absolute atomic E-state index is 13.9. The zero-order valence-electron chi connectivity index (χ0n) is 17.3. The summed E-state index contributed by atoms with van der Waals surface area (Å²) in [6.45, 7) is 6.17. The van der Waals surface area contributed by atoms with Crippen LogP contribution in [0.5, 0.6) is 0 Å². The molecule has 2 amide bonds. The van der Waals surface area contributed by atoms with Gasteiger partial charge in [0.1, 0.15) is 0 Å². The number of carbonyl (C=O) groups is 2. The summed E-state index contributed by atoms with van der Waals surface area (Å²) in [5, 5.41) is 0. The number of rotatable bonds is 1. The minimum atomic E-state index is -0.507. The van der Waals surface area contributed by atoms with Gasteiger partial charge in [0.25, 0.3) is 0 Å². The van der Waals surface area contributed by atoms with Crippen molar-refractivity contribution in [1.29, 1.82) is 0 Å². The highest BCUT2D eigenvalue weighted by Gasteiger charge is 2.66. The molecular formula is C27H23NO2. The molecule has 2 bridgehead atoms. The van der Waals surface area contributed by atoms with E-state index in [-0.39, 0.29) is 29.6 Å². The molecule has 0 aromatic heterocycles. The fourth-order valence-electron chi connectivity index (χ4n) is 6.49. The quantitative estimate of drug-likeness (QED) is 0.553. The number of nitrogens with zero attached hydrogens (tertiary/aromatic N) is 1. The Labute approximate surface area is 176 Å². The maximum Gasteiger partial charge on any atom is 0.238 e. The van der Waals surface area contributed by atoms with Gasteiger partial charge in [-0.15, -0.1) is 0 Å². The first kappa shape index (κ1) is 17.6. The largest absolute Gasteiger partial charge is 0.274 e. The van der Waals surface area contributed by atoms with Crippen molar-refractivity contribution in [1.82, 2.24) is 0 Å². The standard InChI is InChI=1S/C27H23NO2/c1-15-12-16(2)14-17(13-15)28-25(29)23-22-18-8-4-6-10-20(18)27(3,24(23)26(28)30)21-11-7-5-9-19(21)22/h4-14,22-24H,1-3H3/t22?,23-,24-,27?/m0/s1. The van der Waals surface area contributed by atoms with E-state index < -0.39 is 5.41 Å². The lowest BCUT2D eigenvalue weighted by Gasteiger charge is -2.52. The summed E-state index contributed by atoms with van der Waals surface area (Å²) in [6.07, 6.45) is 0. The predicted octanol–water partition coefficient (Wildman–Crippen LogP) is 4.87. The van der Waals surface area contributed by atoms with Crippen LogP contribution < -0.4 is 4.90 Å². The second kappa shape index (κ2) is 5.69. The molecule has 0 saturated carbocycles.